The minimum Gasteiger partial charge on any atom is -0.481 e. The molecule has 0 aliphatic rings. The summed E-state index contributed by atoms with van der Waals surface area (Å²) in [5, 5.41) is 9.06. The van der Waals surface area contributed by atoms with Crippen LogP contribution in [0.3, 0.4) is 0 Å². The maximum absolute atomic E-state index is 14.6. The van der Waals surface area contributed by atoms with E-state index in [1.165, 1.54) is 6.92 Å². The molecule has 2 aromatic rings. The molecule has 15 heteroatoms. The van der Waals surface area contributed by atoms with Crippen LogP contribution in [-0.2, 0) is 27.7 Å². The van der Waals surface area contributed by atoms with Crippen LogP contribution in [0.15, 0.2) is 27.8 Å². The van der Waals surface area contributed by atoms with E-state index >= 15 is 0 Å². The van der Waals surface area contributed by atoms with Crippen LogP contribution in [0.2, 0.25) is 5.02 Å². The Hall–Kier alpha value is -3.39. The fraction of sp³-hybridized carbons (Fsp3) is 0.368. The number of alkyl halides is 3. The number of halogens is 5. The third-order valence-electron chi connectivity index (χ3n) is 4.50. The van der Waals surface area contributed by atoms with Crippen molar-refractivity contribution < 1.29 is 41.8 Å². The van der Waals surface area contributed by atoms with Crippen LogP contribution < -0.4 is 16.0 Å². The highest BCUT2D eigenvalue weighted by Crippen LogP contribution is 2.31. The molecule has 1 aromatic carbocycles. The average Bonchev–Trinajstić information content (AvgIpc) is 2.72. The molecule has 1 amide bonds. The Morgan fingerprint density at radius 2 is 1.85 bits per heavy atom. The van der Waals surface area contributed by atoms with Gasteiger partial charge in [-0.3, -0.25) is 23.8 Å². The van der Waals surface area contributed by atoms with Gasteiger partial charge in [-0.05, 0) is 13.0 Å². The molecule has 1 atom stereocenters. The van der Waals surface area contributed by atoms with E-state index in [4.69, 9.17) is 26.3 Å². The maximum atomic E-state index is 14.6. The minimum absolute atomic E-state index is 0.126. The van der Waals surface area contributed by atoms with E-state index in [2.05, 4.69) is 0 Å². The van der Waals surface area contributed by atoms with Crippen molar-refractivity contribution in [2.45, 2.75) is 25.6 Å². The standard InChI is InChI=1S/C19H18ClF4N3O7/c1-9(17(31)26(33-3)5-4-16(29)30)34-13-7-12(11(21)6-10(13)20)27-15(28)8-14(19(22,23)24)25(2)18(27)32/h6-9H,4-5H2,1-3H3,(H,29,30). The second kappa shape index (κ2) is 10.3. The average molecular weight is 512 g/mol. The lowest BCUT2D eigenvalue weighted by atomic mass is 10.2. The molecular weight excluding hydrogens is 494 g/mol. The van der Waals surface area contributed by atoms with E-state index in [9.17, 15) is 36.7 Å². The Bertz CT molecular complexity index is 1230. The number of hydroxylamine groups is 2. The molecule has 1 unspecified atom stereocenters. The van der Waals surface area contributed by atoms with Crippen molar-refractivity contribution in [2.24, 2.45) is 7.05 Å². The monoisotopic (exact) mass is 511 g/mol. The number of aromatic nitrogens is 2. The zero-order chi connectivity index (χ0) is 26.0. The van der Waals surface area contributed by atoms with Crippen LogP contribution in [0.5, 0.6) is 5.75 Å². The molecule has 10 nitrogen and oxygen atoms in total. The molecule has 1 N–H and O–H groups in total. The van der Waals surface area contributed by atoms with Crippen molar-refractivity contribution in [3.63, 3.8) is 0 Å². The molecule has 2 rings (SSSR count). The molecule has 0 bridgehead atoms. The van der Waals surface area contributed by atoms with E-state index in [-0.39, 0.29) is 32.5 Å². The lowest BCUT2D eigenvalue weighted by Gasteiger charge is -2.23. The van der Waals surface area contributed by atoms with Gasteiger partial charge in [0, 0.05) is 19.2 Å². The summed E-state index contributed by atoms with van der Waals surface area (Å²) in [7, 11) is 1.87. The fourth-order valence-corrected chi connectivity index (χ4v) is 3.03. The summed E-state index contributed by atoms with van der Waals surface area (Å²) in [6.07, 6.45) is -6.81. The van der Waals surface area contributed by atoms with Gasteiger partial charge >= 0.3 is 17.8 Å². The Morgan fingerprint density at radius 3 is 2.38 bits per heavy atom. The lowest BCUT2D eigenvalue weighted by molar-refractivity contribution is -0.184. The molecule has 0 radical (unpaired) electrons. The van der Waals surface area contributed by atoms with Crippen LogP contribution in [0.4, 0.5) is 17.6 Å². The van der Waals surface area contributed by atoms with Gasteiger partial charge in [0.05, 0.1) is 30.8 Å². The van der Waals surface area contributed by atoms with E-state index in [1.54, 1.807) is 0 Å². The number of carboxylic acid groups (broad SMARTS) is 1. The highest BCUT2D eigenvalue weighted by atomic mass is 35.5. The van der Waals surface area contributed by atoms with Gasteiger partial charge in [-0.1, -0.05) is 11.6 Å². The van der Waals surface area contributed by atoms with E-state index in [1.807, 2.05) is 0 Å². The summed E-state index contributed by atoms with van der Waals surface area (Å²) >= 11 is 5.93. The van der Waals surface area contributed by atoms with Crippen molar-refractivity contribution in [3.8, 4) is 11.4 Å². The van der Waals surface area contributed by atoms with Crippen LogP contribution in [0, 0.1) is 5.82 Å². The summed E-state index contributed by atoms with van der Waals surface area (Å²) in [4.78, 5) is 52.7. The molecule has 0 aliphatic carbocycles. The lowest BCUT2D eigenvalue weighted by Crippen LogP contribution is -2.41. The first-order valence-corrected chi connectivity index (χ1v) is 9.70. The van der Waals surface area contributed by atoms with Gasteiger partial charge in [0.15, 0.2) is 6.10 Å². The predicted molar refractivity (Wildman–Crippen MR) is 108 cm³/mol. The van der Waals surface area contributed by atoms with Crippen LogP contribution in [-0.4, -0.2) is 50.9 Å². The van der Waals surface area contributed by atoms with E-state index < -0.39 is 59.0 Å². The van der Waals surface area contributed by atoms with Gasteiger partial charge < -0.3 is 9.84 Å². The molecule has 1 aromatic heterocycles. The van der Waals surface area contributed by atoms with Crippen LogP contribution in [0.1, 0.15) is 19.0 Å². The molecule has 0 fully saturated rings. The molecule has 0 saturated carbocycles. The van der Waals surface area contributed by atoms with Crippen LogP contribution in [0.25, 0.3) is 5.69 Å². The van der Waals surface area contributed by atoms with Crippen molar-refractivity contribution in [2.75, 3.05) is 13.7 Å². The first kappa shape index (κ1) is 26.9. The number of rotatable bonds is 8. The topological polar surface area (TPSA) is 120 Å². The molecule has 0 saturated heterocycles. The Morgan fingerprint density at radius 1 is 1.24 bits per heavy atom. The zero-order valence-corrected chi connectivity index (χ0v) is 18.6. The molecule has 0 spiro atoms. The quantitative estimate of drug-likeness (QED) is 0.425. The van der Waals surface area contributed by atoms with Crippen molar-refractivity contribution in [3.05, 3.63) is 55.6 Å². The van der Waals surface area contributed by atoms with Gasteiger partial charge in [-0.25, -0.2) is 18.8 Å². The van der Waals surface area contributed by atoms with E-state index in [0.29, 0.717) is 11.1 Å². The smallest absolute Gasteiger partial charge is 0.431 e. The number of carboxylic acids is 1. The number of hydrogen-bond donors (Lipinski definition) is 1. The Balaban J connectivity index is 2.48. The second-order valence-electron chi connectivity index (χ2n) is 6.80. The second-order valence-corrected chi connectivity index (χ2v) is 7.21. The number of carbonyl (C=O) groups excluding carboxylic acids is 1. The van der Waals surface area contributed by atoms with Gasteiger partial charge in [0.1, 0.15) is 17.3 Å². The van der Waals surface area contributed by atoms with Crippen molar-refractivity contribution in [1.29, 1.82) is 0 Å². The molecule has 186 valence electrons. The maximum Gasteiger partial charge on any atom is 0.431 e. The molecule has 34 heavy (non-hydrogen) atoms. The molecule has 0 aliphatic heterocycles. The largest absolute Gasteiger partial charge is 0.481 e. The number of amides is 1. The highest BCUT2D eigenvalue weighted by Gasteiger charge is 2.35. The minimum atomic E-state index is -5.01. The van der Waals surface area contributed by atoms with Crippen molar-refractivity contribution >= 4 is 23.5 Å². The van der Waals surface area contributed by atoms with Gasteiger partial charge in [-0.2, -0.15) is 13.2 Å². The third-order valence-corrected chi connectivity index (χ3v) is 4.79. The number of nitrogens with zero attached hydrogens (tertiary/aromatic N) is 3. The number of aliphatic carboxylic acids is 1. The summed E-state index contributed by atoms with van der Waals surface area (Å²) in [6.45, 7) is 0.912. The summed E-state index contributed by atoms with van der Waals surface area (Å²) in [5.74, 6) is -3.65. The number of ether oxygens (including phenoxy) is 1. The third kappa shape index (κ3) is 5.75. The number of benzene rings is 1. The normalized spacial score (nSPS) is 12.4. The highest BCUT2D eigenvalue weighted by molar-refractivity contribution is 6.32. The molecule has 1 heterocycles. The fourth-order valence-electron chi connectivity index (χ4n) is 2.83. The molecular formula is C19H18ClF4N3O7. The summed E-state index contributed by atoms with van der Waals surface area (Å²) in [5.41, 5.74) is -5.26. The van der Waals surface area contributed by atoms with Crippen LogP contribution >= 0.6 is 11.6 Å². The number of hydrogen-bond acceptors (Lipinski definition) is 6. The Labute approximate surface area is 193 Å². The first-order chi connectivity index (χ1) is 15.7. The Kier molecular flexibility index (Phi) is 8.10. The van der Waals surface area contributed by atoms with Crippen molar-refractivity contribution in [1.82, 2.24) is 14.2 Å². The predicted octanol–water partition coefficient (Wildman–Crippen LogP) is 1.98. The summed E-state index contributed by atoms with van der Waals surface area (Å²) in [6, 6.07) is 1.54. The number of carbonyl (C=O) groups is 2. The zero-order valence-electron chi connectivity index (χ0n) is 17.9. The first-order valence-electron chi connectivity index (χ1n) is 9.32. The summed E-state index contributed by atoms with van der Waals surface area (Å²) < 4.78 is 59.4. The SMILES string of the molecule is CON(CCC(=O)O)C(=O)C(C)Oc1cc(-n2c(=O)cc(C(F)(F)F)n(C)c2=O)c(F)cc1Cl. The van der Waals surface area contributed by atoms with Gasteiger partial charge in [0.25, 0.3) is 11.5 Å². The van der Waals surface area contributed by atoms with E-state index in [0.717, 1.165) is 20.2 Å². The van der Waals surface area contributed by atoms with Gasteiger partial charge in [-0.15, -0.1) is 0 Å². The van der Waals surface area contributed by atoms with Gasteiger partial charge in [0.2, 0.25) is 0 Å².